The summed E-state index contributed by atoms with van der Waals surface area (Å²) in [7, 11) is 2.55. The van der Waals surface area contributed by atoms with Crippen molar-refractivity contribution in [1.29, 1.82) is 0 Å². The molecule has 110 valence electrons. The number of nitrogens with zero attached hydrogens (tertiary/aromatic N) is 1. The van der Waals surface area contributed by atoms with Crippen LogP contribution in [0.2, 0.25) is 0 Å². The molecule has 0 bridgehead atoms. The molecule has 19 heavy (non-hydrogen) atoms. The van der Waals surface area contributed by atoms with Crippen molar-refractivity contribution in [2.75, 3.05) is 19.5 Å². The third-order valence-corrected chi connectivity index (χ3v) is 0.979. The molecule has 1 aromatic carbocycles. The summed E-state index contributed by atoms with van der Waals surface area (Å²) in [5.74, 6) is 0.910. The minimum absolute atomic E-state index is 0. The molecule has 0 amide bonds. The van der Waals surface area contributed by atoms with Crippen molar-refractivity contribution in [3.63, 3.8) is 0 Å². The van der Waals surface area contributed by atoms with Gasteiger partial charge >= 0.3 is 17.4 Å². The number of alkyl halides is 2. The molecule has 10 heteroatoms. The van der Waals surface area contributed by atoms with Gasteiger partial charge < -0.3 is 42.0 Å². The van der Waals surface area contributed by atoms with E-state index < -0.39 is 4.92 Å². The molecular weight excluding hydrogens is 374 g/mol. The molecule has 0 aromatic heterocycles. The molecule has 0 fully saturated rings. The second-order valence-corrected chi connectivity index (χ2v) is 2.87. The topological polar surface area (TPSA) is 52.4 Å². The number of methoxy groups -OCH3 is 1. The quantitative estimate of drug-likeness (QED) is 0.209. The fourth-order valence-electron chi connectivity index (χ4n) is 0.557. The summed E-state index contributed by atoms with van der Waals surface area (Å²) in [6.07, 6.45) is 0. The molecule has 1 aromatic rings. The van der Waals surface area contributed by atoms with Gasteiger partial charge in [0.15, 0.2) is 7.05 Å². The molecule has 0 saturated carbocycles. The van der Waals surface area contributed by atoms with Crippen molar-refractivity contribution >= 4 is 40.6 Å². The van der Waals surface area contributed by atoms with Gasteiger partial charge in [-0.3, -0.25) is 10.1 Å². The Bertz CT molecular complexity index is 253. The third-order valence-electron chi connectivity index (χ3n) is 0.979. The number of nitro groups is 1. The summed E-state index contributed by atoms with van der Waals surface area (Å²) < 4.78 is 4.91. The monoisotopic (exact) mass is 385 g/mol. The summed E-state index contributed by atoms with van der Waals surface area (Å²) in [5, 5.41) is 9.00. The van der Waals surface area contributed by atoms with E-state index in [-0.39, 0.29) is 59.9 Å². The van der Waals surface area contributed by atoms with E-state index in [0.717, 1.165) is 12.8 Å². The predicted octanol–water partition coefficient (Wildman–Crippen LogP) is -6.36. The fourth-order valence-corrected chi connectivity index (χ4v) is 0.557. The molecule has 0 spiro atoms. The van der Waals surface area contributed by atoms with Crippen LogP contribution in [0.1, 0.15) is 0 Å². The van der Waals surface area contributed by atoms with Crippen LogP contribution in [0.5, 0.6) is 5.75 Å². The van der Waals surface area contributed by atoms with Crippen molar-refractivity contribution in [3.05, 3.63) is 40.4 Å². The first-order valence-corrected chi connectivity index (χ1v) is 4.94. The Labute approximate surface area is 152 Å². The second-order valence-electron chi connectivity index (χ2n) is 2.06. The van der Waals surface area contributed by atoms with Crippen LogP contribution in [0.15, 0.2) is 30.3 Å². The number of benzene rings is 1. The van der Waals surface area contributed by atoms with Crippen LogP contribution in [0.3, 0.4) is 0 Å². The van der Waals surface area contributed by atoms with Crippen LogP contribution in [0.25, 0.3) is 0 Å². The van der Waals surface area contributed by atoms with E-state index >= 15 is 0 Å². The molecule has 4 nitrogen and oxygen atoms in total. The van der Waals surface area contributed by atoms with Crippen LogP contribution in [-0.4, -0.2) is 41.8 Å². The normalized spacial score (nSPS) is 5.89. The minimum atomic E-state index is -0.500. The zero-order valence-electron chi connectivity index (χ0n) is 10.2. The predicted molar refractivity (Wildman–Crippen MR) is 68.2 cm³/mol. The number of halogens is 5. The third kappa shape index (κ3) is 45.8. The molecule has 1 rings (SSSR count). The van der Waals surface area contributed by atoms with Gasteiger partial charge in [-0.1, -0.05) is 18.2 Å². The van der Waals surface area contributed by atoms with Gasteiger partial charge in [0.1, 0.15) is 5.75 Å². The Balaban J connectivity index is -0.0000000342. The average Bonchev–Trinajstić information content (AvgIpc) is 2.19. The Morgan fingerprint density at radius 2 is 1.42 bits per heavy atom. The van der Waals surface area contributed by atoms with Gasteiger partial charge in [0.25, 0.3) is 0 Å². The Morgan fingerprint density at radius 1 is 1.16 bits per heavy atom. The van der Waals surface area contributed by atoms with Crippen LogP contribution in [0.4, 0.5) is 0 Å². The molecule has 0 aliphatic heterocycles. The molecule has 0 unspecified atom stereocenters. The number of hydrogen-bond acceptors (Lipinski definition) is 3. The van der Waals surface area contributed by atoms with E-state index in [0.29, 0.717) is 0 Å². The molecule has 0 radical (unpaired) electrons. The molecule has 0 heterocycles. The minimum Gasteiger partial charge on any atom is -1.00 e. The Hall–Kier alpha value is 0.402. The summed E-state index contributed by atoms with van der Waals surface area (Å²) in [5.41, 5.74) is 0. The van der Waals surface area contributed by atoms with Crippen LogP contribution >= 0.6 is 23.2 Å². The van der Waals surface area contributed by atoms with Crippen LogP contribution in [-0.2, 0) is 0 Å². The Morgan fingerprint density at radius 3 is 1.58 bits per heavy atom. The SMILES string of the molecule is COc1ccccc1.C[N+](=O)[O-].ClCCl.[Al+3].[Cl-].[Cl-].[Cl-]. The van der Waals surface area contributed by atoms with E-state index in [9.17, 15) is 0 Å². The maximum atomic E-state index is 8.81. The van der Waals surface area contributed by atoms with Crippen LogP contribution < -0.4 is 42.0 Å². The van der Waals surface area contributed by atoms with Crippen molar-refractivity contribution in [2.45, 2.75) is 0 Å². The number of hydrogen-bond donors (Lipinski definition) is 0. The van der Waals surface area contributed by atoms with E-state index in [1.165, 1.54) is 0 Å². The standard InChI is InChI=1S/C7H8O.CH2Cl2.CH3NO2.Al.3ClH/c1-8-7-5-3-2-4-6-7;2-1-3;1-2(3)4;;;;/h2-6H,1H3;1H2;1H3;;3*1H/q;;;+3;;;/p-3. The largest absolute Gasteiger partial charge is 3.00 e. The van der Waals surface area contributed by atoms with Gasteiger partial charge in [-0.05, 0) is 12.1 Å². The van der Waals surface area contributed by atoms with Crippen molar-refractivity contribution < 1.29 is 46.9 Å². The van der Waals surface area contributed by atoms with Crippen molar-refractivity contribution in [2.24, 2.45) is 0 Å². The number of para-hydroxylation sites is 1. The first-order chi connectivity index (χ1) is 7.08. The van der Waals surface area contributed by atoms with Gasteiger partial charge in [-0.2, -0.15) is 0 Å². The van der Waals surface area contributed by atoms with Crippen LogP contribution in [0, 0.1) is 10.1 Å². The first-order valence-electron chi connectivity index (χ1n) is 3.87. The van der Waals surface area contributed by atoms with Gasteiger partial charge in [0.2, 0.25) is 0 Å². The summed E-state index contributed by atoms with van der Waals surface area (Å²) in [6, 6.07) is 9.68. The zero-order valence-corrected chi connectivity index (χ0v) is 15.2. The molecule has 0 aliphatic carbocycles. The van der Waals surface area contributed by atoms with E-state index in [1.54, 1.807) is 7.11 Å². The van der Waals surface area contributed by atoms with Gasteiger partial charge in [0, 0.05) is 4.92 Å². The van der Waals surface area contributed by atoms with Gasteiger partial charge in [-0.15, -0.1) is 23.2 Å². The Kier molecular flexibility index (Phi) is 59.7. The zero-order chi connectivity index (χ0) is 12.1. The molecule has 0 saturated heterocycles. The smallest absolute Gasteiger partial charge is 1.00 e. The summed E-state index contributed by atoms with van der Waals surface area (Å²) >= 11 is 9.53. The average molecular weight is 387 g/mol. The summed E-state index contributed by atoms with van der Waals surface area (Å²) in [4.78, 5) is 8.31. The molecule has 0 N–H and O–H groups in total. The first kappa shape index (κ1) is 36.6. The molecule has 0 aliphatic rings. The number of ether oxygens (including phenoxy) is 1. The summed E-state index contributed by atoms with van der Waals surface area (Å²) in [6.45, 7) is 0. The van der Waals surface area contributed by atoms with Gasteiger partial charge in [-0.25, -0.2) is 0 Å². The van der Waals surface area contributed by atoms with Gasteiger partial charge in [0.05, 0.1) is 12.4 Å². The van der Waals surface area contributed by atoms with Crippen molar-refractivity contribution in [1.82, 2.24) is 0 Å². The maximum absolute atomic E-state index is 8.81. The van der Waals surface area contributed by atoms with E-state index in [4.69, 9.17) is 38.1 Å². The fraction of sp³-hybridized carbons (Fsp3) is 0.333. The number of rotatable bonds is 1. The van der Waals surface area contributed by atoms with E-state index in [2.05, 4.69) is 0 Å². The molecular formula is C9H13AlCl5NO3. The molecule has 0 atom stereocenters. The van der Waals surface area contributed by atoms with Crippen molar-refractivity contribution in [3.8, 4) is 5.75 Å². The van der Waals surface area contributed by atoms with E-state index in [1.807, 2.05) is 30.3 Å². The second kappa shape index (κ2) is 31.0. The maximum Gasteiger partial charge on any atom is 3.00 e.